The lowest BCUT2D eigenvalue weighted by Gasteiger charge is -2.13. The summed E-state index contributed by atoms with van der Waals surface area (Å²) < 4.78 is 4.61. The van der Waals surface area contributed by atoms with Gasteiger partial charge in [-0.05, 0) is 38.9 Å². The zero-order valence-electron chi connectivity index (χ0n) is 10.6. The summed E-state index contributed by atoms with van der Waals surface area (Å²) in [5.41, 5.74) is 0.379. The Bertz CT molecular complexity index is 388. The number of esters is 1. The number of hydrogen-bond acceptors (Lipinski definition) is 6. The van der Waals surface area contributed by atoms with E-state index < -0.39 is 0 Å². The molecule has 1 saturated heterocycles. The van der Waals surface area contributed by atoms with Crippen LogP contribution in [0.4, 0.5) is 5.13 Å². The minimum atomic E-state index is -0.378. The van der Waals surface area contributed by atoms with Crippen molar-refractivity contribution in [3.63, 3.8) is 0 Å². The molecule has 1 aromatic heterocycles. The Kier molecular flexibility index (Phi) is 4.95. The highest BCUT2D eigenvalue weighted by atomic mass is 32.1. The van der Waals surface area contributed by atoms with Crippen LogP contribution in [0.1, 0.15) is 29.8 Å². The molecule has 0 bridgehead atoms. The minimum absolute atomic E-state index is 0.378. The fourth-order valence-electron chi connectivity index (χ4n) is 2.06. The molecule has 1 aromatic rings. The Labute approximate surface area is 111 Å². The van der Waals surface area contributed by atoms with E-state index in [0.29, 0.717) is 5.69 Å². The van der Waals surface area contributed by atoms with Crippen molar-refractivity contribution < 1.29 is 9.53 Å². The molecule has 1 aliphatic rings. The number of hydrogen-bond donors (Lipinski definition) is 1. The van der Waals surface area contributed by atoms with Crippen LogP contribution in [0, 0.1) is 0 Å². The summed E-state index contributed by atoms with van der Waals surface area (Å²) >= 11 is 1.44. The van der Waals surface area contributed by atoms with Crippen molar-refractivity contribution in [2.24, 2.45) is 0 Å². The maximum Gasteiger partial charge on any atom is 0.357 e. The zero-order valence-corrected chi connectivity index (χ0v) is 11.5. The van der Waals surface area contributed by atoms with E-state index in [4.69, 9.17) is 0 Å². The highest BCUT2D eigenvalue weighted by molar-refractivity contribution is 7.13. The van der Waals surface area contributed by atoms with Crippen LogP contribution in [0.25, 0.3) is 0 Å². The van der Waals surface area contributed by atoms with Gasteiger partial charge in [-0.3, -0.25) is 0 Å². The summed E-state index contributed by atoms with van der Waals surface area (Å²) in [7, 11) is 1.37. The van der Waals surface area contributed by atoms with E-state index in [1.54, 1.807) is 5.38 Å². The number of nitrogens with zero attached hydrogens (tertiary/aromatic N) is 2. The van der Waals surface area contributed by atoms with Crippen LogP contribution in [-0.2, 0) is 4.74 Å². The third-order valence-electron chi connectivity index (χ3n) is 3.02. The molecule has 2 heterocycles. The van der Waals surface area contributed by atoms with Gasteiger partial charge in [-0.2, -0.15) is 0 Å². The lowest BCUT2D eigenvalue weighted by atomic mass is 10.4. The lowest BCUT2D eigenvalue weighted by molar-refractivity contribution is 0.0595. The largest absolute Gasteiger partial charge is 0.464 e. The average molecular weight is 269 g/mol. The summed E-state index contributed by atoms with van der Waals surface area (Å²) in [4.78, 5) is 17.9. The Hall–Kier alpha value is -1.14. The quantitative estimate of drug-likeness (QED) is 0.630. The van der Waals surface area contributed by atoms with Crippen molar-refractivity contribution in [2.45, 2.75) is 19.3 Å². The lowest BCUT2D eigenvalue weighted by Crippen LogP contribution is -2.22. The molecule has 100 valence electrons. The molecule has 0 aliphatic carbocycles. The Morgan fingerprint density at radius 2 is 2.33 bits per heavy atom. The van der Waals surface area contributed by atoms with Gasteiger partial charge in [-0.1, -0.05) is 0 Å². The van der Waals surface area contributed by atoms with Crippen molar-refractivity contribution in [2.75, 3.05) is 38.6 Å². The van der Waals surface area contributed by atoms with Gasteiger partial charge in [0.1, 0.15) is 0 Å². The SMILES string of the molecule is COC(=O)c1csc(NCCCN2CCCC2)n1. The first kappa shape index (κ1) is 13.3. The van der Waals surface area contributed by atoms with Gasteiger partial charge in [-0.15, -0.1) is 11.3 Å². The highest BCUT2D eigenvalue weighted by Gasteiger charge is 2.11. The number of rotatable bonds is 6. The molecule has 0 unspecified atom stereocenters. The number of methoxy groups -OCH3 is 1. The third kappa shape index (κ3) is 3.68. The monoisotopic (exact) mass is 269 g/mol. The van der Waals surface area contributed by atoms with E-state index in [1.807, 2.05) is 0 Å². The minimum Gasteiger partial charge on any atom is -0.464 e. The third-order valence-corrected chi connectivity index (χ3v) is 3.82. The van der Waals surface area contributed by atoms with E-state index in [0.717, 1.165) is 24.6 Å². The van der Waals surface area contributed by atoms with Gasteiger partial charge < -0.3 is 15.0 Å². The molecule has 2 rings (SSSR count). The Morgan fingerprint density at radius 1 is 1.56 bits per heavy atom. The first-order valence-corrected chi connectivity index (χ1v) is 7.17. The first-order chi connectivity index (χ1) is 8.79. The van der Waals surface area contributed by atoms with Gasteiger partial charge in [0.2, 0.25) is 0 Å². The summed E-state index contributed by atoms with van der Waals surface area (Å²) in [5, 5.41) is 5.75. The number of likely N-dealkylation sites (tertiary alicyclic amines) is 1. The summed E-state index contributed by atoms with van der Waals surface area (Å²) in [5.74, 6) is -0.378. The summed E-state index contributed by atoms with van der Waals surface area (Å²) in [6.07, 6.45) is 3.78. The van der Waals surface area contributed by atoms with Crippen LogP contribution in [0.2, 0.25) is 0 Å². The molecule has 5 nitrogen and oxygen atoms in total. The van der Waals surface area contributed by atoms with E-state index >= 15 is 0 Å². The number of ether oxygens (including phenoxy) is 1. The van der Waals surface area contributed by atoms with Crippen LogP contribution < -0.4 is 5.32 Å². The second-order valence-electron chi connectivity index (χ2n) is 4.36. The van der Waals surface area contributed by atoms with E-state index in [-0.39, 0.29) is 5.97 Å². The van der Waals surface area contributed by atoms with Crippen LogP contribution in [0.3, 0.4) is 0 Å². The van der Waals surface area contributed by atoms with Crippen LogP contribution >= 0.6 is 11.3 Å². The fourth-order valence-corrected chi connectivity index (χ4v) is 2.77. The average Bonchev–Trinajstić information content (AvgIpc) is 3.05. The van der Waals surface area contributed by atoms with Gasteiger partial charge in [0, 0.05) is 11.9 Å². The molecule has 0 atom stereocenters. The van der Waals surface area contributed by atoms with Crippen molar-refractivity contribution >= 4 is 22.4 Å². The standard InChI is InChI=1S/C12H19N3O2S/c1-17-11(16)10-9-18-12(14-10)13-5-4-8-15-6-2-3-7-15/h9H,2-8H2,1H3,(H,13,14). The summed E-state index contributed by atoms with van der Waals surface area (Å²) in [6, 6.07) is 0. The molecule has 1 N–H and O–H groups in total. The Morgan fingerprint density at radius 3 is 3.06 bits per heavy atom. The van der Waals surface area contributed by atoms with Gasteiger partial charge >= 0.3 is 5.97 Å². The van der Waals surface area contributed by atoms with Crippen molar-refractivity contribution in [1.29, 1.82) is 0 Å². The van der Waals surface area contributed by atoms with E-state index in [2.05, 4.69) is 19.9 Å². The maximum absolute atomic E-state index is 11.2. The van der Waals surface area contributed by atoms with Gasteiger partial charge in [0.25, 0.3) is 0 Å². The number of thiazole rings is 1. The fraction of sp³-hybridized carbons (Fsp3) is 0.667. The number of carbonyl (C=O) groups is 1. The summed E-state index contributed by atoms with van der Waals surface area (Å²) in [6.45, 7) is 4.51. The van der Waals surface area contributed by atoms with E-state index in [9.17, 15) is 4.79 Å². The molecule has 1 fully saturated rings. The van der Waals surface area contributed by atoms with Crippen molar-refractivity contribution in [1.82, 2.24) is 9.88 Å². The van der Waals surface area contributed by atoms with Crippen molar-refractivity contribution in [3.8, 4) is 0 Å². The zero-order chi connectivity index (χ0) is 12.8. The smallest absolute Gasteiger partial charge is 0.357 e. The molecular weight excluding hydrogens is 250 g/mol. The predicted molar refractivity (Wildman–Crippen MR) is 72.2 cm³/mol. The first-order valence-electron chi connectivity index (χ1n) is 6.29. The van der Waals surface area contributed by atoms with Crippen molar-refractivity contribution in [3.05, 3.63) is 11.1 Å². The second-order valence-corrected chi connectivity index (χ2v) is 5.22. The molecule has 1 aliphatic heterocycles. The van der Waals surface area contributed by atoms with Gasteiger partial charge in [-0.25, -0.2) is 9.78 Å². The van der Waals surface area contributed by atoms with Crippen LogP contribution in [0.5, 0.6) is 0 Å². The molecule has 0 spiro atoms. The molecule has 18 heavy (non-hydrogen) atoms. The second kappa shape index (κ2) is 6.70. The van der Waals surface area contributed by atoms with E-state index in [1.165, 1.54) is 44.4 Å². The molecule has 0 amide bonds. The number of nitrogens with one attached hydrogen (secondary N) is 1. The van der Waals surface area contributed by atoms with Crippen LogP contribution in [-0.4, -0.2) is 49.1 Å². The molecule has 0 aromatic carbocycles. The van der Waals surface area contributed by atoms with Gasteiger partial charge in [0.15, 0.2) is 10.8 Å². The maximum atomic E-state index is 11.2. The molecular formula is C12H19N3O2S. The predicted octanol–water partition coefficient (Wildman–Crippen LogP) is 1.83. The molecule has 0 radical (unpaired) electrons. The normalized spacial score (nSPS) is 15.8. The van der Waals surface area contributed by atoms with Crippen LogP contribution in [0.15, 0.2) is 5.38 Å². The number of aromatic nitrogens is 1. The molecule has 6 heteroatoms. The van der Waals surface area contributed by atoms with Gasteiger partial charge in [0.05, 0.1) is 7.11 Å². The highest BCUT2D eigenvalue weighted by Crippen LogP contribution is 2.16. The number of carbonyl (C=O) groups excluding carboxylic acids is 1. The topological polar surface area (TPSA) is 54.5 Å². The Balaban J connectivity index is 1.66. The number of anilines is 1. The molecule has 0 saturated carbocycles.